The first-order valence-corrected chi connectivity index (χ1v) is 8.88. The van der Waals surface area contributed by atoms with Gasteiger partial charge in [-0.3, -0.25) is 0 Å². The molecule has 3 aromatic rings. The Labute approximate surface area is 153 Å². The number of hydrogen-bond donors (Lipinski definition) is 0. The summed E-state index contributed by atoms with van der Waals surface area (Å²) in [6.07, 6.45) is 0. The average Bonchev–Trinajstić information content (AvgIpc) is 2.73. The molecule has 26 heavy (non-hydrogen) atoms. The summed E-state index contributed by atoms with van der Waals surface area (Å²) < 4.78 is 11.9. The van der Waals surface area contributed by atoms with Gasteiger partial charge in [-0.15, -0.1) is 0 Å². The summed E-state index contributed by atoms with van der Waals surface area (Å²) in [5, 5.41) is 0. The molecule has 0 saturated heterocycles. The number of para-hydroxylation sites is 2. The minimum absolute atomic E-state index is 0.561. The van der Waals surface area contributed by atoms with E-state index in [4.69, 9.17) is 9.47 Å². The van der Waals surface area contributed by atoms with E-state index >= 15 is 0 Å². The number of hydrogen-bond acceptors (Lipinski definition) is 4. The summed E-state index contributed by atoms with van der Waals surface area (Å²) >= 11 is 0. The summed E-state index contributed by atoms with van der Waals surface area (Å²) in [7, 11) is 0. The Kier molecular flexibility index (Phi) is 3.67. The zero-order valence-electron chi connectivity index (χ0n) is 14.5. The van der Waals surface area contributed by atoms with Crippen LogP contribution in [0.4, 0.5) is 11.4 Å². The normalized spacial score (nSPS) is 15.5. The molecule has 0 fully saturated rings. The molecule has 0 bridgehead atoms. The van der Waals surface area contributed by atoms with Crippen LogP contribution in [0, 0.1) is 0 Å². The monoisotopic (exact) mass is 344 g/mol. The molecular weight excluding hydrogens is 324 g/mol. The van der Waals surface area contributed by atoms with Crippen LogP contribution in [0.3, 0.4) is 0 Å². The topological polar surface area (TPSA) is 24.9 Å². The van der Waals surface area contributed by atoms with Crippen LogP contribution in [0.1, 0.15) is 11.1 Å². The Balaban J connectivity index is 1.37. The molecule has 4 nitrogen and oxygen atoms in total. The molecule has 130 valence electrons. The second-order valence-electron chi connectivity index (χ2n) is 6.68. The van der Waals surface area contributed by atoms with Gasteiger partial charge in [-0.25, -0.2) is 0 Å². The molecule has 0 N–H and O–H groups in total. The molecule has 4 heteroatoms. The van der Waals surface area contributed by atoms with Gasteiger partial charge in [0.2, 0.25) is 0 Å². The van der Waals surface area contributed by atoms with Crippen LogP contribution in [0.5, 0.6) is 11.5 Å². The molecule has 0 radical (unpaired) electrons. The second kappa shape index (κ2) is 6.30. The van der Waals surface area contributed by atoms with Crippen molar-refractivity contribution in [1.82, 2.24) is 0 Å². The van der Waals surface area contributed by atoms with Crippen molar-refractivity contribution < 1.29 is 9.47 Å². The summed E-state index contributed by atoms with van der Waals surface area (Å²) in [5.41, 5.74) is 4.74. The van der Waals surface area contributed by atoms with Gasteiger partial charge in [0.25, 0.3) is 0 Å². The van der Waals surface area contributed by atoms with Gasteiger partial charge in [-0.1, -0.05) is 42.5 Å². The lowest BCUT2D eigenvalue weighted by molar-refractivity contribution is 0.284. The fraction of sp³-hybridized carbons (Fsp3) is 0.182. The predicted molar refractivity (Wildman–Crippen MR) is 103 cm³/mol. The fourth-order valence-corrected chi connectivity index (χ4v) is 3.55. The smallest absolute Gasteiger partial charge is 0.161 e. The van der Waals surface area contributed by atoms with Crippen molar-refractivity contribution >= 4 is 11.4 Å². The highest BCUT2D eigenvalue weighted by Gasteiger charge is 2.21. The van der Waals surface area contributed by atoms with Crippen molar-refractivity contribution in [1.29, 1.82) is 0 Å². The number of nitrogens with zero attached hydrogens (tertiary/aromatic N) is 2. The van der Waals surface area contributed by atoms with Gasteiger partial charge in [0.05, 0.1) is 0 Å². The van der Waals surface area contributed by atoms with Crippen LogP contribution in [0.25, 0.3) is 0 Å². The zero-order valence-corrected chi connectivity index (χ0v) is 14.5. The summed E-state index contributed by atoms with van der Waals surface area (Å²) in [5.74, 6) is 1.95. The molecule has 2 heterocycles. The second-order valence-corrected chi connectivity index (χ2v) is 6.68. The fourth-order valence-electron chi connectivity index (χ4n) is 3.55. The lowest BCUT2D eigenvalue weighted by Crippen LogP contribution is -2.33. The van der Waals surface area contributed by atoms with Gasteiger partial charge in [0.15, 0.2) is 13.5 Å². The van der Waals surface area contributed by atoms with Gasteiger partial charge < -0.3 is 19.3 Å². The van der Waals surface area contributed by atoms with Crippen LogP contribution in [0.15, 0.2) is 72.8 Å². The largest absolute Gasteiger partial charge is 0.473 e. The Morgan fingerprint density at radius 3 is 2.08 bits per heavy atom. The molecule has 0 aromatic heterocycles. The van der Waals surface area contributed by atoms with Crippen molar-refractivity contribution in [3.8, 4) is 11.5 Å². The third-order valence-electron chi connectivity index (χ3n) is 4.98. The van der Waals surface area contributed by atoms with E-state index in [2.05, 4.69) is 64.4 Å². The Hall–Kier alpha value is -3.14. The minimum atomic E-state index is 0.561. The highest BCUT2D eigenvalue weighted by atomic mass is 16.5. The summed E-state index contributed by atoms with van der Waals surface area (Å²) in [6.45, 7) is 2.84. The first-order chi connectivity index (χ1) is 12.9. The maximum Gasteiger partial charge on any atom is 0.161 e. The van der Waals surface area contributed by atoms with Gasteiger partial charge in [-0.2, -0.15) is 0 Å². The number of anilines is 2. The molecule has 0 spiro atoms. The maximum atomic E-state index is 6.05. The van der Waals surface area contributed by atoms with Crippen LogP contribution < -0.4 is 19.3 Å². The minimum Gasteiger partial charge on any atom is -0.473 e. The molecule has 0 aliphatic carbocycles. The third kappa shape index (κ3) is 2.73. The van der Waals surface area contributed by atoms with Crippen molar-refractivity contribution in [2.45, 2.75) is 13.1 Å². The molecule has 0 saturated carbocycles. The zero-order chi connectivity index (χ0) is 17.3. The van der Waals surface area contributed by atoms with E-state index < -0.39 is 0 Å². The van der Waals surface area contributed by atoms with E-state index in [1.165, 1.54) is 16.8 Å². The summed E-state index contributed by atoms with van der Waals surface area (Å²) in [6, 6.07) is 25.1. The maximum absolute atomic E-state index is 6.05. The van der Waals surface area contributed by atoms with E-state index in [1.54, 1.807) is 0 Å². The Morgan fingerprint density at radius 2 is 1.23 bits per heavy atom. The van der Waals surface area contributed by atoms with Crippen LogP contribution in [-0.2, 0) is 13.1 Å². The third-order valence-corrected chi connectivity index (χ3v) is 4.98. The van der Waals surface area contributed by atoms with E-state index in [-0.39, 0.29) is 0 Å². The van der Waals surface area contributed by atoms with Gasteiger partial charge >= 0.3 is 0 Å². The number of fused-ring (bicyclic) bond motifs is 2. The molecule has 2 aliphatic rings. The molecule has 0 unspecified atom stereocenters. The number of rotatable bonds is 2. The molecule has 3 aromatic carbocycles. The highest BCUT2D eigenvalue weighted by molar-refractivity contribution is 5.58. The average molecular weight is 344 g/mol. The van der Waals surface area contributed by atoms with Crippen molar-refractivity contribution in [2.24, 2.45) is 0 Å². The van der Waals surface area contributed by atoms with Gasteiger partial charge in [0, 0.05) is 41.7 Å². The molecule has 2 aliphatic heterocycles. The predicted octanol–water partition coefficient (Wildman–Crippen LogP) is 4.40. The molecule has 5 rings (SSSR count). The first kappa shape index (κ1) is 15.1. The quantitative estimate of drug-likeness (QED) is 0.688. The SMILES string of the molecule is c1ccc(N2COc3cc(N4COc5ccccc5C4)ccc3C2)cc1. The van der Waals surface area contributed by atoms with E-state index in [0.717, 1.165) is 30.3 Å². The molecule has 0 atom stereocenters. The molecular formula is C22H20N2O2. The van der Waals surface area contributed by atoms with Crippen LogP contribution >= 0.6 is 0 Å². The summed E-state index contributed by atoms with van der Waals surface area (Å²) in [4.78, 5) is 4.47. The standard InChI is InChI=1S/C22H20N2O2/c1-2-7-19(8-3-1)23-14-18-10-11-20(12-22(18)26-15-23)24-13-17-6-4-5-9-21(17)25-16-24/h1-12H,13-16H2. The molecule has 0 amide bonds. The first-order valence-electron chi connectivity index (χ1n) is 8.88. The Bertz CT molecular complexity index is 926. The van der Waals surface area contributed by atoms with Gasteiger partial charge in [0.1, 0.15) is 11.5 Å². The van der Waals surface area contributed by atoms with E-state index in [1.807, 2.05) is 18.2 Å². The number of benzene rings is 3. The van der Waals surface area contributed by atoms with Crippen molar-refractivity contribution in [3.63, 3.8) is 0 Å². The number of ether oxygens (including phenoxy) is 2. The van der Waals surface area contributed by atoms with Crippen molar-refractivity contribution in [2.75, 3.05) is 23.3 Å². The lowest BCUT2D eigenvalue weighted by Gasteiger charge is -2.33. The lowest BCUT2D eigenvalue weighted by atomic mass is 10.1. The van der Waals surface area contributed by atoms with Crippen molar-refractivity contribution in [3.05, 3.63) is 83.9 Å². The highest BCUT2D eigenvalue weighted by Crippen LogP contribution is 2.34. The van der Waals surface area contributed by atoms with E-state index in [9.17, 15) is 0 Å². The van der Waals surface area contributed by atoms with E-state index in [0.29, 0.717) is 13.5 Å². The van der Waals surface area contributed by atoms with Crippen LogP contribution in [-0.4, -0.2) is 13.5 Å². The van der Waals surface area contributed by atoms with Crippen LogP contribution in [0.2, 0.25) is 0 Å². The Morgan fingerprint density at radius 1 is 0.577 bits per heavy atom. The van der Waals surface area contributed by atoms with Gasteiger partial charge in [-0.05, 0) is 24.3 Å².